The van der Waals surface area contributed by atoms with Crippen LogP contribution in [-0.4, -0.2) is 50.9 Å². The Hall–Kier alpha value is -2.86. The Morgan fingerprint density at radius 2 is 1.79 bits per heavy atom. The number of anilines is 1. The van der Waals surface area contributed by atoms with Crippen LogP contribution < -0.4 is 15.5 Å². The molecule has 2 aromatic rings. The largest absolute Gasteiger partial charge is 0.374 e. The van der Waals surface area contributed by atoms with Crippen molar-refractivity contribution in [1.82, 2.24) is 15.5 Å². The molecule has 28 heavy (non-hydrogen) atoms. The highest BCUT2D eigenvalue weighted by molar-refractivity contribution is 6.35. The van der Waals surface area contributed by atoms with Crippen LogP contribution in [-0.2, 0) is 22.6 Å². The van der Waals surface area contributed by atoms with Crippen LogP contribution in [0.15, 0.2) is 48.5 Å². The highest BCUT2D eigenvalue weighted by Gasteiger charge is 2.22. The molecule has 2 amide bonds. The maximum absolute atomic E-state index is 12.2. The van der Waals surface area contributed by atoms with Gasteiger partial charge in [-0.2, -0.15) is 0 Å². The molecule has 6 heteroatoms. The topological polar surface area (TPSA) is 64.7 Å². The molecule has 2 aromatic carbocycles. The highest BCUT2D eigenvalue weighted by Crippen LogP contribution is 2.30. The number of carbonyl (C=O) groups is 2. The van der Waals surface area contributed by atoms with Crippen LogP contribution in [0.1, 0.15) is 22.7 Å². The van der Waals surface area contributed by atoms with Gasteiger partial charge in [-0.25, -0.2) is 0 Å². The molecule has 1 unspecified atom stereocenters. The molecular weight excluding hydrogens is 352 g/mol. The van der Waals surface area contributed by atoms with Crippen LogP contribution in [0.4, 0.5) is 5.69 Å². The number of carbonyl (C=O) groups excluding carboxylic acids is 2. The van der Waals surface area contributed by atoms with E-state index in [2.05, 4.69) is 45.7 Å². The summed E-state index contributed by atoms with van der Waals surface area (Å²) in [7, 11) is 6.06. The van der Waals surface area contributed by atoms with Crippen LogP contribution in [0.2, 0.25) is 0 Å². The first-order valence-electron chi connectivity index (χ1n) is 9.56. The second-order valence-corrected chi connectivity index (χ2v) is 7.42. The molecular formula is C22H28N4O2. The molecule has 148 valence electrons. The third-order valence-corrected chi connectivity index (χ3v) is 5.20. The monoisotopic (exact) mass is 380 g/mol. The van der Waals surface area contributed by atoms with Gasteiger partial charge in [0.1, 0.15) is 0 Å². The number of benzene rings is 2. The first-order valence-corrected chi connectivity index (χ1v) is 9.56. The van der Waals surface area contributed by atoms with Crippen molar-refractivity contribution in [1.29, 1.82) is 0 Å². The summed E-state index contributed by atoms with van der Waals surface area (Å²) < 4.78 is 0. The summed E-state index contributed by atoms with van der Waals surface area (Å²) in [4.78, 5) is 28.6. The minimum Gasteiger partial charge on any atom is -0.374 e. The van der Waals surface area contributed by atoms with Crippen LogP contribution in [0.3, 0.4) is 0 Å². The molecule has 1 aliphatic rings. The molecule has 1 atom stereocenters. The molecule has 0 spiro atoms. The maximum atomic E-state index is 12.2. The first-order chi connectivity index (χ1) is 13.5. The Morgan fingerprint density at radius 1 is 1.07 bits per heavy atom. The third kappa shape index (κ3) is 4.70. The van der Waals surface area contributed by atoms with Crippen molar-refractivity contribution in [2.24, 2.45) is 0 Å². The van der Waals surface area contributed by atoms with Gasteiger partial charge in [0, 0.05) is 32.4 Å². The van der Waals surface area contributed by atoms with Gasteiger partial charge in [-0.05, 0) is 43.3 Å². The van der Waals surface area contributed by atoms with Crippen LogP contribution in [0.5, 0.6) is 0 Å². The molecule has 0 aliphatic carbocycles. The smallest absolute Gasteiger partial charge is 0.309 e. The standard InChI is InChI=1S/C22H28N4O2/c1-25(2)20(17-9-10-19-18(13-17)11-12-26(19)3)15-24-22(28)21(27)23-14-16-7-5-4-6-8-16/h4-10,13,20H,11-12,14-15H2,1-3H3,(H,23,27)(H,24,28). The van der Waals surface area contributed by atoms with Gasteiger partial charge < -0.3 is 20.4 Å². The van der Waals surface area contributed by atoms with Gasteiger partial charge >= 0.3 is 11.8 Å². The zero-order chi connectivity index (χ0) is 20.1. The van der Waals surface area contributed by atoms with Gasteiger partial charge in [0.05, 0.1) is 6.04 Å². The molecule has 1 heterocycles. The van der Waals surface area contributed by atoms with E-state index in [4.69, 9.17) is 0 Å². The lowest BCUT2D eigenvalue weighted by molar-refractivity contribution is -0.139. The summed E-state index contributed by atoms with van der Waals surface area (Å²) in [5.41, 5.74) is 4.70. The zero-order valence-electron chi connectivity index (χ0n) is 16.7. The number of fused-ring (bicyclic) bond motifs is 1. The number of nitrogens with zero attached hydrogens (tertiary/aromatic N) is 2. The minimum absolute atomic E-state index is 0.00193. The van der Waals surface area contributed by atoms with Crippen LogP contribution >= 0.6 is 0 Å². The summed E-state index contributed by atoms with van der Waals surface area (Å²) in [6.45, 7) is 1.74. The van der Waals surface area contributed by atoms with Gasteiger partial charge in [0.2, 0.25) is 0 Å². The van der Waals surface area contributed by atoms with Crippen molar-refractivity contribution in [2.45, 2.75) is 19.0 Å². The quantitative estimate of drug-likeness (QED) is 0.749. The molecule has 0 fully saturated rings. The Bertz CT molecular complexity index is 836. The zero-order valence-corrected chi connectivity index (χ0v) is 16.7. The highest BCUT2D eigenvalue weighted by atomic mass is 16.2. The predicted octanol–water partition coefficient (Wildman–Crippen LogP) is 1.71. The Labute approximate surface area is 166 Å². The SMILES string of the molecule is CN1CCc2cc(C(CNC(=O)C(=O)NCc3ccccc3)N(C)C)ccc21. The van der Waals surface area contributed by atoms with Gasteiger partial charge in [0.25, 0.3) is 0 Å². The third-order valence-electron chi connectivity index (χ3n) is 5.20. The summed E-state index contributed by atoms with van der Waals surface area (Å²) in [5.74, 6) is -1.22. The van der Waals surface area contributed by atoms with E-state index in [0.29, 0.717) is 13.1 Å². The summed E-state index contributed by atoms with van der Waals surface area (Å²) in [6, 6.07) is 16.0. The summed E-state index contributed by atoms with van der Waals surface area (Å²) in [5, 5.41) is 5.43. The maximum Gasteiger partial charge on any atom is 0.309 e. The van der Waals surface area contributed by atoms with Crippen LogP contribution in [0, 0.1) is 0 Å². The van der Waals surface area contributed by atoms with E-state index in [1.54, 1.807) is 0 Å². The normalized spacial score (nSPS) is 13.9. The van der Waals surface area contributed by atoms with Crippen molar-refractivity contribution >= 4 is 17.5 Å². The molecule has 0 aromatic heterocycles. The van der Waals surface area contributed by atoms with Gasteiger partial charge in [-0.15, -0.1) is 0 Å². The number of nitrogens with one attached hydrogen (secondary N) is 2. The first kappa shape index (κ1) is 19.9. The summed E-state index contributed by atoms with van der Waals surface area (Å²) in [6.07, 6.45) is 1.04. The molecule has 2 N–H and O–H groups in total. The molecule has 0 saturated heterocycles. The lowest BCUT2D eigenvalue weighted by Crippen LogP contribution is -2.42. The average molecular weight is 380 g/mol. The lowest BCUT2D eigenvalue weighted by Gasteiger charge is -2.26. The fourth-order valence-electron chi connectivity index (χ4n) is 3.52. The van der Waals surface area contributed by atoms with Crippen molar-refractivity contribution < 1.29 is 9.59 Å². The lowest BCUT2D eigenvalue weighted by atomic mass is 10.0. The number of rotatable bonds is 6. The fraction of sp³-hybridized carbons (Fsp3) is 0.364. The van der Waals surface area contributed by atoms with E-state index in [1.165, 1.54) is 11.3 Å². The van der Waals surface area contributed by atoms with Crippen molar-refractivity contribution in [3.63, 3.8) is 0 Å². The van der Waals surface area contributed by atoms with E-state index < -0.39 is 11.8 Å². The second kappa shape index (κ2) is 8.89. The minimum atomic E-state index is -0.614. The van der Waals surface area contributed by atoms with Crippen LogP contribution in [0.25, 0.3) is 0 Å². The van der Waals surface area contributed by atoms with Crippen molar-refractivity contribution in [2.75, 3.05) is 39.1 Å². The Balaban J connectivity index is 1.57. The average Bonchev–Trinajstić information content (AvgIpc) is 3.07. The van der Waals surface area contributed by atoms with E-state index in [1.807, 2.05) is 44.4 Å². The molecule has 1 aliphatic heterocycles. The van der Waals surface area contributed by atoms with Crippen molar-refractivity contribution in [3.05, 3.63) is 65.2 Å². The number of amides is 2. The van der Waals surface area contributed by atoms with E-state index >= 15 is 0 Å². The number of hydrogen-bond acceptors (Lipinski definition) is 4. The van der Waals surface area contributed by atoms with Gasteiger partial charge in [-0.1, -0.05) is 42.5 Å². The second-order valence-electron chi connectivity index (χ2n) is 7.42. The van der Waals surface area contributed by atoms with Gasteiger partial charge in [-0.3, -0.25) is 9.59 Å². The Kier molecular flexibility index (Phi) is 6.31. The fourth-order valence-corrected chi connectivity index (χ4v) is 3.52. The van der Waals surface area contributed by atoms with E-state index in [-0.39, 0.29) is 6.04 Å². The molecule has 0 bridgehead atoms. The molecule has 0 radical (unpaired) electrons. The Morgan fingerprint density at radius 3 is 2.50 bits per heavy atom. The number of hydrogen-bond donors (Lipinski definition) is 2. The predicted molar refractivity (Wildman–Crippen MR) is 111 cm³/mol. The van der Waals surface area contributed by atoms with E-state index in [0.717, 1.165) is 24.1 Å². The van der Waals surface area contributed by atoms with E-state index in [9.17, 15) is 9.59 Å². The molecule has 3 rings (SSSR count). The van der Waals surface area contributed by atoms with Gasteiger partial charge in [0.15, 0.2) is 0 Å². The molecule has 0 saturated carbocycles. The summed E-state index contributed by atoms with van der Waals surface area (Å²) >= 11 is 0. The molecule has 6 nitrogen and oxygen atoms in total. The van der Waals surface area contributed by atoms with Crippen molar-refractivity contribution in [3.8, 4) is 0 Å². The number of likely N-dealkylation sites (N-methyl/N-ethyl adjacent to an activating group) is 2.